The molecule has 0 aliphatic heterocycles. The van der Waals surface area contributed by atoms with Gasteiger partial charge in [-0.2, -0.15) is 0 Å². The van der Waals surface area contributed by atoms with Gasteiger partial charge in [0.05, 0.1) is 6.61 Å². The third-order valence-corrected chi connectivity index (χ3v) is 1.36. The summed E-state index contributed by atoms with van der Waals surface area (Å²) in [5.74, 6) is 0. The molecule has 0 rings (SSSR count). The van der Waals surface area contributed by atoms with Crippen molar-refractivity contribution in [1.82, 2.24) is 10.6 Å². The number of rotatable bonds is 7. The van der Waals surface area contributed by atoms with Crippen molar-refractivity contribution in [1.29, 1.82) is 0 Å². The largest absolute Gasteiger partial charge is 0.383 e. The van der Waals surface area contributed by atoms with E-state index in [4.69, 9.17) is 10.5 Å². The SMILES string of the molecule is CC.CC.CC.COCC(C)NCCNCN. The van der Waals surface area contributed by atoms with E-state index in [0.717, 1.165) is 19.7 Å². The Kier molecular flexibility index (Phi) is 54.3. The van der Waals surface area contributed by atoms with Crippen LogP contribution in [0, 0.1) is 0 Å². The second-order valence-corrected chi connectivity index (χ2v) is 2.51. The number of hydrogen-bond acceptors (Lipinski definition) is 4. The van der Waals surface area contributed by atoms with E-state index >= 15 is 0 Å². The second kappa shape index (κ2) is 36.0. The number of methoxy groups -OCH3 is 1. The molecule has 0 fully saturated rings. The molecule has 0 bridgehead atoms. The zero-order chi connectivity index (χ0) is 14.5. The summed E-state index contributed by atoms with van der Waals surface area (Å²) in [6, 6.07) is 0.416. The molecule has 4 nitrogen and oxygen atoms in total. The molecule has 0 aliphatic carbocycles. The number of hydrogen-bond donors (Lipinski definition) is 3. The van der Waals surface area contributed by atoms with Crippen molar-refractivity contribution in [2.45, 2.75) is 54.5 Å². The first-order valence-electron chi connectivity index (χ1n) is 6.94. The molecule has 0 aliphatic rings. The average Bonchev–Trinajstić information content (AvgIpc) is 2.42. The quantitative estimate of drug-likeness (QED) is 0.479. The van der Waals surface area contributed by atoms with Crippen LogP contribution in [-0.2, 0) is 4.74 Å². The van der Waals surface area contributed by atoms with Crippen LogP contribution < -0.4 is 16.4 Å². The third-order valence-electron chi connectivity index (χ3n) is 1.36. The highest BCUT2D eigenvalue weighted by Gasteiger charge is 1.97. The van der Waals surface area contributed by atoms with E-state index in [9.17, 15) is 0 Å². The molecular weight excluding hydrogens is 214 g/mol. The fraction of sp³-hybridized carbons (Fsp3) is 1.00. The molecule has 0 aromatic heterocycles. The predicted molar refractivity (Wildman–Crippen MR) is 80.4 cm³/mol. The summed E-state index contributed by atoms with van der Waals surface area (Å²) in [5, 5.41) is 6.30. The Bertz CT molecular complexity index is 83.1. The van der Waals surface area contributed by atoms with Crippen molar-refractivity contribution >= 4 is 0 Å². The zero-order valence-electron chi connectivity index (χ0n) is 13.4. The first kappa shape index (κ1) is 25.6. The van der Waals surface area contributed by atoms with Crippen LogP contribution in [0.4, 0.5) is 0 Å². The van der Waals surface area contributed by atoms with Gasteiger partial charge in [-0.3, -0.25) is 0 Å². The molecule has 4 N–H and O–H groups in total. The second-order valence-electron chi connectivity index (χ2n) is 2.51. The topological polar surface area (TPSA) is 59.3 Å². The van der Waals surface area contributed by atoms with Gasteiger partial charge in [-0.1, -0.05) is 41.5 Å². The Morgan fingerprint density at radius 3 is 1.82 bits per heavy atom. The lowest BCUT2D eigenvalue weighted by Crippen LogP contribution is -2.37. The summed E-state index contributed by atoms with van der Waals surface area (Å²) in [5.41, 5.74) is 5.24. The van der Waals surface area contributed by atoms with Crippen LogP contribution in [0.25, 0.3) is 0 Å². The van der Waals surface area contributed by atoms with Crippen LogP contribution in [0.1, 0.15) is 48.5 Å². The lowest BCUT2D eigenvalue weighted by molar-refractivity contribution is 0.172. The van der Waals surface area contributed by atoms with Crippen LogP contribution in [0.2, 0.25) is 0 Å². The highest BCUT2D eigenvalue weighted by Crippen LogP contribution is 1.79. The molecule has 0 saturated carbocycles. The third kappa shape index (κ3) is 38.8. The van der Waals surface area contributed by atoms with Gasteiger partial charge in [0.1, 0.15) is 0 Å². The minimum absolute atomic E-state index is 0.416. The number of nitrogens with two attached hydrogens (primary N) is 1. The Morgan fingerprint density at radius 2 is 1.47 bits per heavy atom. The molecule has 4 heteroatoms. The van der Waals surface area contributed by atoms with Gasteiger partial charge >= 0.3 is 0 Å². The molecule has 0 amide bonds. The molecule has 0 heterocycles. The molecule has 0 radical (unpaired) electrons. The standard InChI is InChI=1S/C7H19N3O.3C2H6/c1-7(5-11-2)10-4-3-9-6-8;3*1-2/h7,9-10H,3-6,8H2,1-2H3;3*1-2H3. The van der Waals surface area contributed by atoms with Crippen molar-refractivity contribution in [2.75, 3.05) is 33.5 Å². The first-order valence-corrected chi connectivity index (χ1v) is 6.94. The Labute approximate surface area is 110 Å². The van der Waals surface area contributed by atoms with Crippen LogP contribution >= 0.6 is 0 Å². The van der Waals surface area contributed by atoms with Crippen molar-refractivity contribution < 1.29 is 4.74 Å². The fourth-order valence-corrected chi connectivity index (χ4v) is 0.818. The molecule has 17 heavy (non-hydrogen) atoms. The summed E-state index contributed by atoms with van der Waals surface area (Å²) in [4.78, 5) is 0. The smallest absolute Gasteiger partial charge is 0.0613 e. The molecular formula is C13H37N3O. The normalized spacial score (nSPS) is 9.71. The Hall–Kier alpha value is -0.160. The van der Waals surface area contributed by atoms with Gasteiger partial charge < -0.3 is 21.1 Å². The molecule has 1 unspecified atom stereocenters. The lowest BCUT2D eigenvalue weighted by Gasteiger charge is -2.12. The lowest BCUT2D eigenvalue weighted by atomic mass is 10.3. The van der Waals surface area contributed by atoms with Crippen LogP contribution in [0.15, 0.2) is 0 Å². The van der Waals surface area contributed by atoms with Crippen LogP contribution in [-0.4, -0.2) is 39.5 Å². The minimum atomic E-state index is 0.416. The fourth-order valence-electron chi connectivity index (χ4n) is 0.818. The van der Waals surface area contributed by atoms with Gasteiger partial charge in [-0.25, -0.2) is 0 Å². The van der Waals surface area contributed by atoms with Crippen molar-refractivity contribution in [3.63, 3.8) is 0 Å². The average molecular weight is 251 g/mol. The summed E-state index contributed by atoms with van der Waals surface area (Å²) in [7, 11) is 1.70. The maximum atomic E-state index is 5.24. The zero-order valence-corrected chi connectivity index (χ0v) is 13.4. The number of ether oxygens (including phenoxy) is 1. The van der Waals surface area contributed by atoms with Crippen molar-refractivity contribution in [2.24, 2.45) is 5.73 Å². The van der Waals surface area contributed by atoms with E-state index in [2.05, 4.69) is 17.6 Å². The van der Waals surface area contributed by atoms with E-state index in [-0.39, 0.29) is 0 Å². The first-order chi connectivity index (χ1) is 8.31. The van der Waals surface area contributed by atoms with E-state index in [1.54, 1.807) is 7.11 Å². The van der Waals surface area contributed by atoms with E-state index in [1.165, 1.54) is 0 Å². The number of nitrogens with one attached hydrogen (secondary N) is 2. The van der Waals surface area contributed by atoms with Crippen molar-refractivity contribution in [3.05, 3.63) is 0 Å². The van der Waals surface area contributed by atoms with Gasteiger partial charge in [0.15, 0.2) is 0 Å². The van der Waals surface area contributed by atoms with Crippen LogP contribution in [0.3, 0.4) is 0 Å². The molecule has 0 aromatic rings. The molecule has 0 saturated heterocycles. The summed E-state index contributed by atoms with van der Waals surface area (Å²) in [6.45, 7) is 17.2. The van der Waals surface area contributed by atoms with Gasteiger partial charge in [0, 0.05) is 32.9 Å². The predicted octanol–water partition coefficient (Wildman–Crippen LogP) is 2.20. The van der Waals surface area contributed by atoms with Crippen molar-refractivity contribution in [3.8, 4) is 0 Å². The highest BCUT2D eigenvalue weighted by atomic mass is 16.5. The highest BCUT2D eigenvalue weighted by molar-refractivity contribution is 4.59. The molecule has 110 valence electrons. The molecule has 0 spiro atoms. The maximum absolute atomic E-state index is 5.24. The molecule has 0 aromatic carbocycles. The Balaban J connectivity index is -0.000000121. The Morgan fingerprint density at radius 1 is 1.00 bits per heavy atom. The molecule has 1 atom stereocenters. The van der Waals surface area contributed by atoms with Gasteiger partial charge in [0.2, 0.25) is 0 Å². The van der Waals surface area contributed by atoms with Crippen LogP contribution in [0.5, 0.6) is 0 Å². The van der Waals surface area contributed by atoms with Gasteiger partial charge in [-0.05, 0) is 6.92 Å². The maximum Gasteiger partial charge on any atom is 0.0613 e. The van der Waals surface area contributed by atoms with E-state index in [1.807, 2.05) is 41.5 Å². The summed E-state index contributed by atoms with van der Waals surface area (Å²) >= 11 is 0. The summed E-state index contributed by atoms with van der Waals surface area (Å²) < 4.78 is 4.95. The summed E-state index contributed by atoms with van der Waals surface area (Å²) in [6.07, 6.45) is 0. The van der Waals surface area contributed by atoms with Gasteiger partial charge in [-0.15, -0.1) is 0 Å². The van der Waals surface area contributed by atoms with E-state index in [0.29, 0.717) is 12.7 Å². The monoisotopic (exact) mass is 251 g/mol. The minimum Gasteiger partial charge on any atom is -0.383 e. The van der Waals surface area contributed by atoms with Gasteiger partial charge in [0.25, 0.3) is 0 Å². The van der Waals surface area contributed by atoms with E-state index < -0.39 is 0 Å².